The molecule has 0 fully saturated rings. The van der Waals surface area contributed by atoms with E-state index in [2.05, 4.69) is 4.98 Å². The number of rotatable bonds is 2. The summed E-state index contributed by atoms with van der Waals surface area (Å²) >= 11 is 0. The summed E-state index contributed by atoms with van der Waals surface area (Å²) in [5.41, 5.74) is 3.77. The molecule has 0 radical (unpaired) electrons. The van der Waals surface area contributed by atoms with Crippen molar-refractivity contribution in [1.29, 1.82) is 0 Å². The lowest BCUT2D eigenvalue weighted by Gasteiger charge is -2.29. The summed E-state index contributed by atoms with van der Waals surface area (Å²) in [6, 6.07) is 15.5. The number of ether oxygens (including phenoxy) is 1. The maximum Gasteiger partial charge on any atom is 0.307 e. The Labute approximate surface area is 127 Å². The van der Waals surface area contributed by atoms with Crippen LogP contribution in [0.2, 0.25) is 0 Å². The summed E-state index contributed by atoms with van der Waals surface area (Å²) < 4.78 is 5.97. The van der Waals surface area contributed by atoms with Crippen molar-refractivity contribution in [2.45, 2.75) is 12.5 Å². The van der Waals surface area contributed by atoms with E-state index < -0.39 is 12.1 Å². The largest absolute Gasteiger partial charge is 0.484 e. The fourth-order valence-corrected chi connectivity index (χ4v) is 3.06. The van der Waals surface area contributed by atoms with Crippen molar-refractivity contribution in [2.75, 3.05) is 0 Å². The zero-order valence-corrected chi connectivity index (χ0v) is 11.7. The number of aromatic nitrogens is 1. The summed E-state index contributed by atoms with van der Waals surface area (Å²) in [6.45, 7) is 0. The fraction of sp³-hybridized carbons (Fsp3) is 0.111. The van der Waals surface area contributed by atoms with Gasteiger partial charge in [-0.25, -0.2) is 0 Å². The van der Waals surface area contributed by atoms with Gasteiger partial charge in [0.1, 0.15) is 11.9 Å². The number of hydrogen-bond acceptors (Lipinski definition) is 3. The van der Waals surface area contributed by atoms with Gasteiger partial charge < -0.3 is 9.84 Å². The summed E-state index contributed by atoms with van der Waals surface area (Å²) in [5, 5.41) is 10.2. The Morgan fingerprint density at radius 3 is 2.82 bits per heavy atom. The van der Waals surface area contributed by atoms with Crippen LogP contribution in [-0.2, 0) is 4.79 Å². The monoisotopic (exact) mass is 291 g/mol. The Morgan fingerprint density at radius 2 is 1.95 bits per heavy atom. The van der Waals surface area contributed by atoms with Crippen LogP contribution in [0.15, 0.2) is 54.7 Å². The number of para-hydroxylation sites is 1. The van der Waals surface area contributed by atoms with E-state index in [-0.39, 0.29) is 6.42 Å². The Morgan fingerprint density at radius 1 is 1.09 bits per heavy atom. The average molecular weight is 291 g/mol. The van der Waals surface area contributed by atoms with Gasteiger partial charge >= 0.3 is 5.97 Å². The number of carbonyl (C=O) groups is 1. The van der Waals surface area contributed by atoms with Crippen molar-refractivity contribution in [3.05, 3.63) is 60.3 Å². The van der Waals surface area contributed by atoms with E-state index in [4.69, 9.17) is 4.74 Å². The van der Waals surface area contributed by atoms with Crippen LogP contribution >= 0.6 is 0 Å². The van der Waals surface area contributed by atoms with E-state index in [0.29, 0.717) is 0 Å². The molecular weight excluding hydrogens is 278 g/mol. The lowest BCUT2D eigenvalue weighted by atomic mass is 9.88. The summed E-state index contributed by atoms with van der Waals surface area (Å²) in [5.74, 6) is -0.152. The van der Waals surface area contributed by atoms with Gasteiger partial charge in [-0.2, -0.15) is 0 Å². The van der Waals surface area contributed by atoms with E-state index >= 15 is 0 Å². The highest BCUT2D eigenvalue weighted by atomic mass is 16.5. The molecule has 1 aromatic heterocycles. The molecule has 0 saturated heterocycles. The zero-order chi connectivity index (χ0) is 15.1. The van der Waals surface area contributed by atoms with E-state index in [0.717, 1.165) is 33.3 Å². The molecule has 4 heteroatoms. The molecule has 1 aliphatic heterocycles. The summed E-state index contributed by atoms with van der Waals surface area (Å²) in [7, 11) is 0. The molecule has 0 aliphatic carbocycles. The quantitative estimate of drug-likeness (QED) is 0.780. The molecule has 22 heavy (non-hydrogen) atoms. The van der Waals surface area contributed by atoms with Crippen LogP contribution in [0.25, 0.3) is 22.0 Å². The van der Waals surface area contributed by atoms with Gasteiger partial charge in [-0.3, -0.25) is 9.78 Å². The standard InChI is InChI=1S/C18H13NO3/c20-17(21)10-16-18-12(11-4-1-2-6-15(11)22-16)7-8-14-13(18)5-3-9-19-14/h1-9,16H,10H2,(H,20,21). The maximum atomic E-state index is 11.2. The van der Waals surface area contributed by atoms with Gasteiger partial charge in [0.05, 0.1) is 11.9 Å². The van der Waals surface area contributed by atoms with E-state index in [9.17, 15) is 9.90 Å². The second-order valence-electron chi connectivity index (χ2n) is 5.30. The van der Waals surface area contributed by atoms with Gasteiger partial charge in [0.2, 0.25) is 0 Å². The number of hydrogen-bond donors (Lipinski definition) is 1. The molecule has 2 heterocycles. The van der Waals surface area contributed by atoms with Gasteiger partial charge in [0.15, 0.2) is 0 Å². The molecule has 0 amide bonds. The highest BCUT2D eigenvalue weighted by Crippen LogP contribution is 2.45. The van der Waals surface area contributed by atoms with Gasteiger partial charge in [0.25, 0.3) is 0 Å². The molecule has 2 aromatic carbocycles. The molecule has 3 aromatic rings. The number of nitrogens with zero attached hydrogens (tertiary/aromatic N) is 1. The van der Waals surface area contributed by atoms with Gasteiger partial charge in [0, 0.05) is 22.7 Å². The first-order valence-electron chi connectivity index (χ1n) is 7.09. The highest BCUT2D eigenvalue weighted by Gasteiger charge is 2.29. The van der Waals surface area contributed by atoms with E-state index in [1.54, 1.807) is 6.20 Å². The number of aliphatic carboxylic acids is 1. The predicted molar refractivity (Wildman–Crippen MR) is 82.8 cm³/mol. The molecule has 0 saturated carbocycles. The second kappa shape index (κ2) is 4.84. The van der Waals surface area contributed by atoms with E-state index in [1.807, 2.05) is 48.5 Å². The van der Waals surface area contributed by atoms with Crippen LogP contribution in [0.4, 0.5) is 0 Å². The molecular formula is C18H13NO3. The third-order valence-electron chi connectivity index (χ3n) is 3.96. The SMILES string of the molecule is O=C(O)CC1Oc2ccccc2-c2ccc3ncccc3c21. The van der Waals surface area contributed by atoms with Gasteiger partial charge in [-0.1, -0.05) is 30.3 Å². The third kappa shape index (κ3) is 1.92. The number of carboxylic acids is 1. The van der Waals surface area contributed by atoms with Crippen LogP contribution in [0.3, 0.4) is 0 Å². The minimum absolute atomic E-state index is 0.0741. The van der Waals surface area contributed by atoms with Crippen LogP contribution < -0.4 is 4.74 Å². The minimum Gasteiger partial charge on any atom is -0.484 e. The van der Waals surface area contributed by atoms with Crippen molar-refractivity contribution < 1.29 is 14.6 Å². The van der Waals surface area contributed by atoms with Crippen LogP contribution in [0.5, 0.6) is 5.75 Å². The summed E-state index contributed by atoms with van der Waals surface area (Å²) in [4.78, 5) is 15.6. The van der Waals surface area contributed by atoms with Crippen molar-refractivity contribution >= 4 is 16.9 Å². The Kier molecular flexibility index (Phi) is 2.82. The topological polar surface area (TPSA) is 59.4 Å². The Bertz CT molecular complexity index is 888. The first-order chi connectivity index (χ1) is 10.7. The normalized spacial score (nSPS) is 15.7. The van der Waals surface area contributed by atoms with Gasteiger partial charge in [-0.05, 0) is 23.8 Å². The lowest BCUT2D eigenvalue weighted by molar-refractivity contribution is -0.138. The first-order valence-corrected chi connectivity index (χ1v) is 7.09. The molecule has 0 spiro atoms. The van der Waals surface area contributed by atoms with Crippen molar-refractivity contribution in [3.63, 3.8) is 0 Å². The lowest BCUT2D eigenvalue weighted by Crippen LogP contribution is -2.18. The average Bonchev–Trinajstić information content (AvgIpc) is 2.54. The van der Waals surface area contributed by atoms with Gasteiger partial charge in [-0.15, -0.1) is 0 Å². The zero-order valence-electron chi connectivity index (χ0n) is 11.7. The Hall–Kier alpha value is -2.88. The molecule has 1 aliphatic rings. The minimum atomic E-state index is -0.878. The smallest absolute Gasteiger partial charge is 0.307 e. The molecule has 0 bridgehead atoms. The molecule has 1 atom stereocenters. The molecule has 1 unspecified atom stereocenters. The van der Waals surface area contributed by atoms with Crippen molar-refractivity contribution in [1.82, 2.24) is 4.98 Å². The number of benzene rings is 2. The van der Waals surface area contributed by atoms with Crippen LogP contribution in [0.1, 0.15) is 18.1 Å². The van der Waals surface area contributed by atoms with Crippen molar-refractivity contribution in [2.24, 2.45) is 0 Å². The molecule has 1 N–H and O–H groups in total. The number of carboxylic acid groups (broad SMARTS) is 1. The van der Waals surface area contributed by atoms with Crippen LogP contribution in [0, 0.1) is 0 Å². The second-order valence-corrected chi connectivity index (χ2v) is 5.30. The van der Waals surface area contributed by atoms with Crippen molar-refractivity contribution in [3.8, 4) is 16.9 Å². The third-order valence-corrected chi connectivity index (χ3v) is 3.96. The fourth-order valence-electron chi connectivity index (χ4n) is 3.06. The number of fused-ring (bicyclic) bond motifs is 5. The molecule has 4 rings (SSSR count). The first kappa shape index (κ1) is 12.8. The van der Waals surface area contributed by atoms with E-state index in [1.165, 1.54) is 0 Å². The van der Waals surface area contributed by atoms with Crippen LogP contribution in [-0.4, -0.2) is 16.1 Å². The maximum absolute atomic E-state index is 11.2. The molecule has 4 nitrogen and oxygen atoms in total. The predicted octanol–water partition coefficient (Wildman–Crippen LogP) is 3.81. The highest BCUT2D eigenvalue weighted by molar-refractivity contribution is 5.92. The Balaban J connectivity index is 2.03. The molecule has 108 valence electrons. The summed E-state index contributed by atoms with van der Waals surface area (Å²) in [6.07, 6.45) is 1.16. The number of pyridine rings is 1.